The van der Waals surface area contributed by atoms with Crippen molar-refractivity contribution in [2.45, 2.75) is 32.2 Å². The summed E-state index contributed by atoms with van der Waals surface area (Å²) in [6.45, 7) is 6.50. The van der Waals surface area contributed by atoms with Crippen molar-refractivity contribution >= 4 is 38.9 Å². The molecule has 0 saturated heterocycles. The fourth-order valence-corrected chi connectivity index (χ4v) is 5.17. The highest BCUT2D eigenvalue weighted by Crippen LogP contribution is 2.57. The molecule has 5 heteroatoms. The summed E-state index contributed by atoms with van der Waals surface area (Å²) in [6, 6.07) is 26.3. The van der Waals surface area contributed by atoms with Crippen LogP contribution in [0.2, 0.25) is 0 Å². The summed E-state index contributed by atoms with van der Waals surface area (Å²) in [5.74, 6) is -0.280. The average Bonchev–Trinajstić information content (AvgIpc) is 3.25. The Hall–Kier alpha value is -2.92. The number of nitrogens with one attached hydrogen (secondary N) is 1. The number of hydrogen-bond donors (Lipinski definition) is 1. The highest BCUT2D eigenvalue weighted by atomic mass is 79.9. The molecule has 31 heavy (non-hydrogen) atoms. The lowest BCUT2D eigenvalue weighted by atomic mass is 9.68. The standard InChI is InChI=1S/C26H24BrN3O/c1-25(2,3)23-22(17-10-6-4-7-11-17)26(30(29-23)19-12-8-5-9-13-19)20-15-14-18(27)16-21(20)28-24(26)31/h4-16,22H,1-3H3,(H,28,31)/t22-,26-/m0/s1. The topological polar surface area (TPSA) is 44.7 Å². The maximum atomic E-state index is 14.0. The van der Waals surface area contributed by atoms with Gasteiger partial charge in [0.25, 0.3) is 5.91 Å². The van der Waals surface area contributed by atoms with E-state index in [-0.39, 0.29) is 17.2 Å². The number of anilines is 2. The molecule has 0 unspecified atom stereocenters. The first-order valence-electron chi connectivity index (χ1n) is 10.4. The molecule has 3 aromatic carbocycles. The maximum Gasteiger partial charge on any atom is 0.258 e. The minimum absolute atomic E-state index is 0.0543. The molecule has 2 atom stereocenters. The first kappa shape index (κ1) is 20.0. The van der Waals surface area contributed by atoms with Crippen LogP contribution >= 0.6 is 15.9 Å². The molecule has 1 spiro atoms. The van der Waals surface area contributed by atoms with Crippen molar-refractivity contribution in [3.63, 3.8) is 0 Å². The molecule has 0 radical (unpaired) electrons. The number of carbonyl (C=O) groups is 1. The molecule has 1 N–H and O–H groups in total. The fourth-order valence-electron chi connectivity index (χ4n) is 4.81. The summed E-state index contributed by atoms with van der Waals surface area (Å²) in [4.78, 5) is 14.0. The van der Waals surface area contributed by atoms with Gasteiger partial charge in [-0.15, -0.1) is 0 Å². The van der Waals surface area contributed by atoms with Crippen molar-refractivity contribution in [2.24, 2.45) is 10.5 Å². The highest BCUT2D eigenvalue weighted by molar-refractivity contribution is 9.10. The van der Waals surface area contributed by atoms with Crippen molar-refractivity contribution < 1.29 is 4.79 Å². The molecular formula is C26H24BrN3O. The third-order valence-corrected chi connectivity index (χ3v) is 6.61. The molecule has 2 aliphatic rings. The molecular weight excluding hydrogens is 450 g/mol. The van der Waals surface area contributed by atoms with Gasteiger partial charge in [0, 0.05) is 21.1 Å². The number of hydrogen-bond acceptors (Lipinski definition) is 3. The van der Waals surface area contributed by atoms with Crippen LogP contribution in [0.25, 0.3) is 0 Å². The van der Waals surface area contributed by atoms with Crippen molar-refractivity contribution in [1.82, 2.24) is 0 Å². The minimum atomic E-state index is -0.999. The van der Waals surface area contributed by atoms with E-state index in [0.29, 0.717) is 0 Å². The number of nitrogens with zero attached hydrogens (tertiary/aromatic N) is 2. The maximum absolute atomic E-state index is 14.0. The van der Waals surface area contributed by atoms with Gasteiger partial charge in [-0.2, -0.15) is 5.10 Å². The van der Waals surface area contributed by atoms with Crippen LogP contribution in [0.4, 0.5) is 11.4 Å². The number of benzene rings is 3. The quantitative estimate of drug-likeness (QED) is 0.474. The molecule has 1 amide bonds. The van der Waals surface area contributed by atoms with E-state index in [1.54, 1.807) is 0 Å². The number of fused-ring (bicyclic) bond motifs is 2. The summed E-state index contributed by atoms with van der Waals surface area (Å²) in [6.07, 6.45) is 0. The largest absolute Gasteiger partial charge is 0.323 e. The second kappa shape index (κ2) is 7.06. The summed E-state index contributed by atoms with van der Waals surface area (Å²) in [5.41, 5.74) is 3.52. The lowest BCUT2D eigenvalue weighted by Gasteiger charge is -2.38. The monoisotopic (exact) mass is 473 g/mol. The summed E-state index contributed by atoms with van der Waals surface area (Å²) in [5, 5.41) is 10.3. The van der Waals surface area contributed by atoms with E-state index in [1.165, 1.54) is 0 Å². The number of rotatable bonds is 2. The van der Waals surface area contributed by atoms with E-state index in [4.69, 9.17) is 5.10 Å². The molecule has 0 aliphatic carbocycles. The second-order valence-corrected chi connectivity index (χ2v) is 10.1. The third kappa shape index (κ3) is 2.94. The second-order valence-electron chi connectivity index (χ2n) is 9.14. The Labute approximate surface area is 191 Å². The van der Waals surface area contributed by atoms with Gasteiger partial charge < -0.3 is 5.32 Å². The number of para-hydroxylation sites is 1. The summed E-state index contributed by atoms with van der Waals surface area (Å²) in [7, 11) is 0. The normalized spacial score (nSPS) is 22.5. The predicted molar refractivity (Wildman–Crippen MR) is 129 cm³/mol. The van der Waals surface area contributed by atoms with Crippen LogP contribution in [0.15, 0.2) is 88.4 Å². The first-order chi connectivity index (χ1) is 14.8. The molecule has 0 aromatic heterocycles. The third-order valence-electron chi connectivity index (χ3n) is 6.12. The molecule has 0 saturated carbocycles. The van der Waals surface area contributed by atoms with Gasteiger partial charge in [0.05, 0.1) is 17.3 Å². The van der Waals surface area contributed by atoms with Crippen molar-refractivity contribution in [3.05, 3.63) is 94.5 Å². The van der Waals surface area contributed by atoms with E-state index in [1.807, 2.05) is 71.7 Å². The van der Waals surface area contributed by atoms with Crippen molar-refractivity contribution in [1.29, 1.82) is 0 Å². The number of carbonyl (C=O) groups excluding carboxylic acids is 1. The number of hydrazone groups is 1. The Morgan fingerprint density at radius 1 is 0.968 bits per heavy atom. The molecule has 3 aromatic rings. The minimum Gasteiger partial charge on any atom is -0.323 e. The van der Waals surface area contributed by atoms with Gasteiger partial charge in [-0.05, 0) is 29.8 Å². The number of amides is 1. The molecule has 0 bridgehead atoms. The molecule has 156 valence electrons. The Balaban J connectivity index is 1.86. The van der Waals surface area contributed by atoms with Gasteiger partial charge in [0.1, 0.15) is 0 Å². The Kier molecular flexibility index (Phi) is 4.56. The van der Waals surface area contributed by atoms with Gasteiger partial charge in [0.15, 0.2) is 5.54 Å². The van der Waals surface area contributed by atoms with E-state index in [2.05, 4.69) is 54.2 Å². The van der Waals surface area contributed by atoms with Crippen LogP contribution in [0.3, 0.4) is 0 Å². The zero-order chi connectivity index (χ0) is 21.8. The Morgan fingerprint density at radius 2 is 1.61 bits per heavy atom. The van der Waals surface area contributed by atoms with Crippen LogP contribution < -0.4 is 10.3 Å². The zero-order valence-electron chi connectivity index (χ0n) is 17.8. The van der Waals surface area contributed by atoms with Crippen LogP contribution in [0.1, 0.15) is 37.8 Å². The zero-order valence-corrected chi connectivity index (χ0v) is 19.3. The molecule has 4 nitrogen and oxygen atoms in total. The predicted octanol–water partition coefficient (Wildman–Crippen LogP) is 6.30. The first-order valence-corrected chi connectivity index (χ1v) is 11.2. The Bertz CT molecular complexity index is 1180. The number of halogens is 1. The van der Waals surface area contributed by atoms with Crippen LogP contribution in [-0.2, 0) is 10.3 Å². The van der Waals surface area contributed by atoms with Crippen molar-refractivity contribution in [3.8, 4) is 0 Å². The van der Waals surface area contributed by atoms with E-state index in [9.17, 15) is 4.79 Å². The molecule has 2 aliphatic heterocycles. The molecule has 5 rings (SSSR count). The van der Waals surface area contributed by atoms with E-state index >= 15 is 0 Å². The van der Waals surface area contributed by atoms with Crippen LogP contribution in [0, 0.1) is 5.41 Å². The van der Waals surface area contributed by atoms with Gasteiger partial charge >= 0.3 is 0 Å². The summed E-state index contributed by atoms with van der Waals surface area (Å²) >= 11 is 3.55. The van der Waals surface area contributed by atoms with E-state index in [0.717, 1.165) is 32.7 Å². The lowest BCUT2D eigenvalue weighted by molar-refractivity contribution is -0.120. The van der Waals surface area contributed by atoms with E-state index < -0.39 is 5.54 Å². The lowest BCUT2D eigenvalue weighted by Crippen LogP contribution is -2.51. The van der Waals surface area contributed by atoms with Gasteiger partial charge in [0.2, 0.25) is 0 Å². The van der Waals surface area contributed by atoms with Gasteiger partial charge in [-0.3, -0.25) is 4.79 Å². The Morgan fingerprint density at radius 3 is 2.26 bits per heavy atom. The average molecular weight is 474 g/mol. The van der Waals surface area contributed by atoms with Gasteiger partial charge in [-0.25, -0.2) is 5.01 Å². The SMILES string of the molecule is CC(C)(C)C1=NN(c2ccccc2)[C@]2(C(=O)Nc3cc(Br)ccc32)[C@H]1c1ccccc1. The highest BCUT2D eigenvalue weighted by Gasteiger charge is 2.63. The smallest absolute Gasteiger partial charge is 0.258 e. The van der Waals surface area contributed by atoms with Crippen molar-refractivity contribution in [2.75, 3.05) is 10.3 Å². The van der Waals surface area contributed by atoms with Crippen LogP contribution in [-0.4, -0.2) is 11.6 Å². The molecule has 0 fully saturated rings. The fraction of sp³-hybridized carbons (Fsp3) is 0.231. The van der Waals surface area contributed by atoms with Crippen LogP contribution in [0.5, 0.6) is 0 Å². The molecule has 2 heterocycles. The summed E-state index contributed by atoms with van der Waals surface area (Å²) < 4.78 is 0.932. The van der Waals surface area contributed by atoms with Gasteiger partial charge in [-0.1, -0.05) is 91.3 Å².